The van der Waals surface area contributed by atoms with Gasteiger partial charge in [0.15, 0.2) is 0 Å². The molecule has 2 aliphatic rings. The molecule has 0 saturated carbocycles. The smallest absolute Gasteiger partial charge is 0.246 e. The summed E-state index contributed by atoms with van der Waals surface area (Å²) in [5.41, 5.74) is 0.0786. The second-order valence-corrected chi connectivity index (χ2v) is 6.65. The van der Waals surface area contributed by atoms with Gasteiger partial charge in [-0.15, -0.1) is 0 Å². The zero-order valence-electron chi connectivity index (χ0n) is 14.9. The van der Waals surface area contributed by atoms with E-state index in [1.165, 1.54) is 13.4 Å². The molecule has 1 atom stereocenters. The molecule has 8 nitrogen and oxygen atoms in total. The van der Waals surface area contributed by atoms with E-state index in [1.807, 2.05) is 6.07 Å². The third-order valence-corrected chi connectivity index (χ3v) is 5.30. The van der Waals surface area contributed by atoms with Crippen LogP contribution < -0.4 is 15.0 Å². The molecule has 2 fully saturated rings. The molecule has 8 heteroatoms. The lowest BCUT2D eigenvalue weighted by Crippen LogP contribution is -2.58. The molecule has 0 bridgehead atoms. The molecule has 1 aromatic rings. The molecule has 1 aromatic heterocycles. The fourth-order valence-electron chi connectivity index (χ4n) is 3.78. The Morgan fingerprint density at radius 1 is 1.36 bits per heavy atom. The zero-order chi connectivity index (χ0) is 17.7. The van der Waals surface area contributed by atoms with Crippen LogP contribution in [0, 0.1) is 5.41 Å². The molecule has 138 valence electrons. The van der Waals surface area contributed by atoms with E-state index in [0.29, 0.717) is 12.5 Å². The molecule has 1 N–H and O–H groups in total. The van der Waals surface area contributed by atoms with Crippen LogP contribution in [0.15, 0.2) is 12.4 Å². The second-order valence-electron chi connectivity index (χ2n) is 6.65. The number of carbonyl (C=O) groups is 1. The Hall–Kier alpha value is -1.93. The van der Waals surface area contributed by atoms with E-state index < -0.39 is 0 Å². The van der Waals surface area contributed by atoms with Gasteiger partial charge in [-0.05, 0) is 24.7 Å². The van der Waals surface area contributed by atoms with E-state index in [0.717, 1.165) is 44.8 Å². The average Bonchev–Trinajstić information content (AvgIpc) is 2.65. The van der Waals surface area contributed by atoms with Crippen LogP contribution in [-0.2, 0) is 14.3 Å². The van der Waals surface area contributed by atoms with Crippen molar-refractivity contribution in [3.8, 4) is 5.88 Å². The molecule has 1 amide bonds. The quantitative estimate of drug-likeness (QED) is 0.833. The summed E-state index contributed by atoms with van der Waals surface area (Å²) >= 11 is 0. The summed E-state index contributed by atoms with van der Waals surface area (Å²) in [5, 5.41) is 3.10. The standard InChI is InChI=1S/C17H26N4O4/c1-23-11-15(22)20-13-10-25-8-5-17(13)3-6-21(7-4-17)14-9-16(24-2)19-12-18-14/h9,12-13H,3-8,10-11H2,1-2H3,(H,20,22)/t13-/m1/s1. The minimum atomic E-state index is -0.0830. The van der Waals surface area contributed by atoms with Gasteiger partial charge in [0.05, 0.1) is 19.8 Å². The lowest BCUT2D eigenvalue weighted by molar-refractivity contribution is -0.129. The molecular weight excluding hydrogens is 324 g/mol. The fraction of sp³-hybridized carbons (Fsp3) is 0.706. The van der Waals surface area contributed by atoms with Gasteiger partial charge in [0, 0.05) is 32.9 Å². The first-order chi connectivity index (χ1) is 12.2. The summed E-state index contributed by atoms with van der Waals surface area (Å²) in [5.74, 6) is 1.37. The summed E-state index contributed by atoms with van der Waals surface area (Å²) < 4.78 is 15.7. The van der Waals surface area contributed by atoms with E-state index in [1.54, 1.807) is 7.11 Å². The number of ether oxygens (including phenoxy) is 3. The first-order valence-electron chi connectivity index (χ1n) is 8.64. The fourth-order valence-corrected chi connectivity index (χ4v) is 3.78. The highest BCUT2D eigenvalue weighted by Gasteiger charge is 2.44. The second kappa shape index (κ2) is 7.97. The lowest BCUT2D eigenvalue weighted by Gasteiger charge is -2.49. The largest absolute Gasteiger partial charge is 0.481 e. The molecule has 3 rings (SSSR count). The molecule has 1 spiro atoms. The highest BCUT2D eigenvalue weighted by Crippen LogP contribution is 2.41. The molecule has 2 aliphatic heterocycles. The molecule has 3 heterocycles. The number of carbonyl (C=O) groups excluding carboxylic acids is 1. The van der Waals surface area contributed by atoms with Gasteiger partial charge in [0.2, 0.25) is 11.8 Å². The van der Waals surface area contributed by atoms with Gasteiger partial charge < -0.3 is 24.4 Å². The normalized spacial score (nSPS) is 22.6. The number of anilines is 1. The van der Waals surface area contributed by atoms with Crippen molar-refractivity contribution in [1.29, 1.82) is 0 Å². The molecule has 0 aliphatic carbocycles. The molecular formula is C17H26N4O4. The van der Waals surface area contributed by atoms with E-state index in [-0.39, 0.29) is 24.0 Å². The highest BCUT2D eigenvalue weighted by molar-refractivity contribution is 5.77. The van der Waals surface area contributed by atoms with Gasteiger partial charge in [-0.2, -0.15) is 0 Å². The van der Waals surface area contributed by atoms with Crippen LogP contribution in [0.5, 0.6) is 5.88 Å². The predicted molar refractivity (Wildman–Crippen MR) is 91.7 cm³/mol. The third-order valence-electron chi connectivity index (χ3n) is 5.30. The number of methoxy groups -OCH3 is 2. The number of rotatable bonds is 5. The summed E-state index contributed by atoms with van der Waals surface area (Å²) in [6.45, 7) is 3.17. The van der Waals surface area contributed by atoms with Gasteiger partial charge in [-0.3, -0.25) is 4.79 Å². The maximum Gasteiger partial charge on any atom is 0.246 e. The summed E-state index contributed by atoms with van der Waals surface area (Å²) in [6.07, 6.45) is 4.47. The number of hydrogen-bond donors (Lipinski definition) is 1. The Morgan fingerprint density at radius 3 is 2.88 bits per heavy atom. The first kappa shape index (κ1) is 17.9. The van der Waals surface area contributed by atoms with Crippen molar-refractivity contribution in [1.82, 2.24) is 15.3 Å². The minimum Gasteiger partial charge on any atom is -0.481 e. The third kappa shape index (κ3) is 4.01. The number of amides is 1. The van der Waals surface area contributed by atoms with Crippen LogP contribution in [0.1, 0.15) is 19.3 Å². The van der Waals surface area contributed by atoms with Crippen molar-refractivity contribution < 1.29 is 19.0 Å². The summed E-state index contributed by atoms with van der Waals surface area (Å²) in [4.78, 5) is 22.6. The van der Waals surface area contributed by atoms with Crippen LogP contribution >= 0.6 is 0 Å². The zero-order valence-corrected chi connectivity index (χ0v) is 14.9. The minimum absolute atomic E-state index is 0.0333. The van der Waals surface area contributed by atoms with Crippen LogP contribution in [0.25, 0.3) is 0 Å². The number of hydrogen-bond acceptors (Lipinski definition) is 7. The Bertz CT molecular complexity index is 590. The summed E-state index contributed by atoms with van der Waals surface area (Å²) in [6, 6.07) is 1.89. The van der Waals surface area contributed by atoms with E-state index >= 15 is 0 Å². The Morgan fingerprint density at radius 2 is 2.16 bits per heavy atom. The average molecular weight is 350 g/mol. The van der Waals surface area contributed by atoms with Crippen LogP contribution in [-0.4, -0.2) is 69.0 Å². The molecule has 2 saturated heterocycles. The van der Waals surface area contributed by atoms with Gasteiger partial charge in [-0.25, -0.2) is 9.97 Å². The SMILES string of the molecule is COCC(=O)N[C@@H]1COCCC12CCN(c1cc(OC)ncn1)CC2. The maximum absolute atomic E-state index is 12.0. The summed E-state index contributed by atoms with van der Waals surface area (Å²) in [7, 11) is 3.13. The van der Waals surface area contributed by atoms with E-state index in [4.69, 9.17) is 14.2 Å². The molecule has 0 aromatic carbocycles. The Kier molecular flexibility index (Phi) is 5.70. The van der Waals surface area contributed by atoms with E-state index in [9.17, 15) is 4.79 Å². The van der Waals surface area contributed by atoms with E-state index in [2.05, 4.69) is 20.2 Å². The monoisotopic (exact) mass is 350 g/mol. The molecule has 25 heavy (non-hydrogen) atoms. The molecule has 0 unspecified atom stereocenters. The maximum atomic E-state index is 12.0. The van der Waals surface area contributed by atoms with Gasteiger partial charge in [-0.1, -0.05) is 0 Å². The van der Waals surface area contributed by atoms with Crippen molar-refractivity contribution >= 4 is 11.7 Å². The van der Waals surface area contributed by atoms with Gasteiger partial charge in [0.25, 0.3) is 0 Å². The van der Waals surface area contributed by atoms with Crippen molar-refractivity contribution in [2.24, 2.45) is 5.41 Å². The van der Waals surface area contributed by atoms with Crippen LogP contribution in [0.4, 0.5) is 5.82 Å². The van der Waals surface area contributed by atoms with Crippen LogP contribution in [0.3, 0.4) is 0 Å². The number of nitrogens with one attached hydrogen (secondary N) is 1. The Labute approximate surface area is 147 Å². The Balaban J connectivity index is 1.66. The topological polar surface area (TPSA) is 85.8 Å². The lowest BCUT2D eigenvalue weighted by atomic mass is 9.69. The number of nitrogens with zero attached hydrogens (tertiary/aromatic N) is 3. The van der Waals surface area contributed by atoms with Gasteiger partial charge in [0.1, 0.15) is 18.8 Å². The van der Waals surface area contributed by atoms with Gasteiger partial charge >= 0.3 is 0 Å². The first-order valence-corrected chi connectivity index (χ1v) is 8.64. The predicted octanol–water partition coefficient (Wildman–Crippen LogP) is 0.623. The van der Waals surface area contributed by atoms with Crippen molar-refractivity contribution in [3.05, 3.63) is 12.4 Å². The van der Waals surface area contributed by atoms with Crippen molar-refractivity contribution in [3.63, 3.8) is 0 Å². The van der Waals surface area contributed by atoms with Crippen LogP contribution in [0.2, 0.25) is 0 Å². The molecule has 0 radical (unpaired) electrons. The van der Waals surface area contributed by atoms with Crippen molar-refractivity contribution in [2.75, 3.05) is 52.0 Å². The highest BCUT2D eigenvalue weighted by atomic mass is 16.5. The number of piperidine rings is 1. The van der Waals surface area contributed by atoms with Crippen molar-refractivity contribution in [2.45, 2.75) is 25.3 Å². The number of aromatic nitrogens is 2.